The molecule has 1 aliphatic rings. The summed E-state index contributed by atoms with van der Waals surface area (Å²) in [5, 5.41) is 11.2. The molecule has 8 nitrogen and oxygen atoms in total. The zero-order valence-corrected chi connectivity index (χ0v) is 17.6. The molecule has 162 valence electrons. The molecule has 1 aromatic heterocycles. The van der Waals surface area contributed by atoms with Gasteiger partial charge in [0.15, 0.2) is 5.69 Å². The van der Waals surface area contributed by atoms with E-state index >= 15 is 0 Å². The fourth-order valence-corrected chi connectivity index (χ4v) is 3.70. The quantitative estimate of drug-likeness (QED) is 0.600. The van der Waals surface area contributed by atoms with Crippen LogP contribution in [-0.2, 0) is 11.3 Å². The number of carbonyl (C=O) groups is 1. The second-order valence-electron chi connectivity index (χ2n) is 7.43. The van der Waals surface area contributed by atoms with Crippen LogP contribution >= 0.6 is 0 Å². The van der Waals surface area contributed by atoms with Crippen molar-refractivity contribution in [2.45, 2.75) is 12.6 Å². The van der Waals surface area contributed by atoms with Gasteiger partial charge in [-0.05, 0) is 23.3 Å². The topological polar surface area (TPSA) is 81.5 Å². The maximum atomic E-state index is 12.7. The summed E-state index contributed by atoms with van der Waals surface area (Å²) in [6, 6.07) is 18.0. The van der Waals surface area contributed by atoms with Crippen molar-refractivity contribution in [3.05, 3.63) is 77.6 Å². The average Bonchev–Trinajstić information content (AvgIpc) is 3.29. The highest BCUT2D eigenvalue weighted by Gasteiger charge is 2.24. The molecule has 4 rings (SSSR count). The number of aromatic nitrogens is 3. The van der Waals surface area contributed by atoms with Crippen LogP contribution in [0.2, 0.25) is 0 Å². The normalized spacial score (nSPS) is 15.4. The van der Waals surface area contributed by atoms with Crippen molar-refractivity contribution < 1.29 is 14.3 Å². The van der Waals surface area contributed by atoms with Gasteiger partial charge in [0, 0.05) is 19.6 Å². The smallest absolute Gasteiger partial charge is 0.273 e. The van der Waals surface area contributed by atoms with Crippen LogP contribution < -0.4 is 10.1 Å². The van der Waals surface area contributed by atoms with Crippen molar-refractivity contribution in [2.75, 3.05) is 40.0 Å². The standard InChI is InChI=1S/C23H27N5O3/c1-30-20-9-7-19(8-10-20)22(27-11-13-31-14-12-27)15-24-23(29)21-17-28(26-25-21)16-18-5-3-2-4-6-18/h2-10,17,22H,11-16H2,1H3,(H,24,29). The summed E-state index contributed by atoms with van der Waals surface area (Å²) in [6.45, 7) is 4.06. The van der Waals surface area contributed by atoms with Gasteiger partial charge in [0.2, 0.25) is 0 Å². The van der Waals surface area contributed by atoms with Crippen LogP contribution in [0.4, 0.5) is 0 Å². The van der Waals surface area contributed by atoms with Crippen LogP contribution in [0.5, 0.6) is 5.75 Å². The van der Waals surface area contributed by atoms with Crippen LogP contribution in [0.3, 0.4) is 0 Å². The lowest BCUT2D eigenvalue weighted by atomic mass is 10.0. The molecule has 0 radical (unpaired) electrons. The van der Waals surface area contributed by atoms with Gasteiger partial charge < -0.3 is 14.8 Å². The molecule has 31 heavy (non-hydrogen) atoms. The Kier molecular flexibility index (Phi) is 6.91. The minimum absolute atomic E-state index is 0.0399. The highest BCUT2D eigenvalue weighted by Crippen LogP contribution is 2.23. The van der Waals surface area contributed by atoms with E-state index < -0.39 is 0 Å². The van der Waals surface area contributed by atoms with E-state index in [1.54, 1.807) is 18.0 Å². The molecule has 1 aliphatic heterocycles. The second kappa shape index (κ2) is 10.2. The predicted molar refractivity (Wildman–Crippen MR) is 116 cm³/mol. The Balaban J connectivity index is 1.42. The molecule has 1 unspecified atom stereocenters. The van der Waals surface area contributed by atoms with Crippen molar-refractivity contribution in [1.82, 2.24) is 25.2 Å². The molecule has 1 amide bonds. The largest absolute Gasteiger partial charge is 0.497 e. The van der Waals surface area contributed by atoms with E-state index in [2.05, 4.69) is 20.5 Å². The zero-order valence-electron chi connectivity index (χ0n) is 17.6. The lowest BCUT2D eigenvalue weighted by Gasteiger charge is -2.34. The van der Waals surface area contributed by atoms with Crippen molar-refractivity contribution in [3.63, 3.8) is 0 Å². The number of ether oxygens (including phenoxy) is 2. The van der Waals surface area contributed by atoms with E-state index in [-0.39, 0.29) is 11.9 Å². The summed E-state index contributed by atoms with van der Waals surface area (Å²) < 4.78 is 12.4. The molecule has 1 N–H and O–H groups in total. The number of amides is 1. The van der Waals surface area contributed by atoms with Crippen LogP contribution in [0.25, 0.3) is 0 Å². The summed E-state index contributed by atoms with van der Waals surface area (Å²) >= 11 is 0. The Morgan fingerprint density at radius 3 is 2.58 bits per heavy atom. The lowest BCUT2D eigenvalue weighted by Crippen LogP contribution is -2.43. The lowest BCUT2D eigenvalue weighted by molar-refractivity contribution is 0.0162. The number of rotatable bonds is 8. The molecule has 0 aliphatic carbocycles. The summed E-state index contributed by atoms with van der Waals surface area (Å²) in [5.74, 6) is 0.578. The van der Waals surface area contributed by atoms with E-state index in [1.807, 2.05) is 54.6 Å². The zero-order chi connectivity index (χ0) is 21.5. The SMILES string of the molecule is COc1ccc(C(CNC(=O)c2cn(Cc3ccccc3)nn2)N2CCOCC2)cc1. The third kappa shape index (κ3) is 5.48. The molecule has 8 heteroatoms. The molecular weight excluding hydrogens is 394 g/mol. The average molecular weight is 422 g/mol. The van der Waals surface area contributed by atoms with Gasteiger partial charge in [0.1, 0.15) is 5.75 Å². The molecule has 0 saturated carbocycles. The number of morpholine rings is 1. The second-order valence-corrected chi connectivity index (χ2v) is 7.43. The van der Waals surface area contributed by atoms with Gasteiger partial charge in [-0.1, -0.05) is 47.7 Å². The van der Waals surface area contributed by atoms with Gasteiger partial charge in [-0.25, -0.2) is 4.68 Å². The summed E-state index contributed by atoms with van der Waals surface area (Å²) in [6.07, 6.45) is 1.68. The highest BCUT2D eigenvalue weighted by atomic mass is 16.5. The van der Waals surface area contributed by atoms with Crippen LogP contribution in [-0.4, -0.2) is 65.8 Å². The van der Waals surface area contributed by atoms with E-state index in [9.17, 15) is 4.79 Å². The summed E-state index contributed by atoms with van der Waals surface area (Å²) in [4.78, 5) is 15.1. The Morgan fingerprint density at radius 2 is 1.87 bits per heavy atom. The Morgan fingerprint density at radius 1 is 1.13 bits per heavy atom. The Labute approximate surface area is 181 Å². The van der Waals surface area contributed by atoms with Gasteiger partial charge in [-0.3, -0.25) is 9.69 Å². The van der Waals surface area contributed by atoms with Crippen molar-refractivity contribution in [1.29, 1.82) is 0 Å². The molecular formula is C23H27N5O3. The maximum Gasteiger partial charge on any atom is 0.273 e. The number of hydrogen-bond donors (Lipinski definition) is 1. The minimum atomic E-state index is -0.230. The van der Waals surface area contributed by atoms with E-state index in [0.29, 0.717) is 32.0 Å². The number of methoxy groups -OCH3 is 1. The van der Waals surface area contributed by atoms with Crippen molar-refractivity contribution in [2.24, 2.45) is 0 Å². The van der Waals surface area contributed by atoms with Crippen molar-refractivity contribution >= 4 is 5.91 Å². The molecule has 0 spiro atoms. The fourth-order valence-electron chi connectivity index (χ4n) is 3.70. The minimum Gasteiger partial charge on any atom is -0.497 e. The van der Waals surface area contributed by atoms with Crippen LogP contribution in [0.1, 0.15) is 27.7 Å². The third-order valence-electron chi connectivity index (χ3n) is 5.40. The molecule has 3 aromatic rings. The van der Waals surface area contributed by atoms with Crippen LogP contribution in [0.15, 0.2) is 60.8 Å². The van der Waals surface area contributed by atoms with Gasteiger partial charge in [0.25, 0.3) is 5.91 Å². The summed E-state index contributed by atoms with van der Waals surface area (Å²) in [7, 11) is 1.65. The molecule has 2 aromatic carbocycles. The summed E-state index contributed by atoms with van der Waals surface area (Å²) in [5.41, 5.74) is 2.54. The third-order valence-corrected chi connectivity index (χ3v) is 5.40. The van der Waals surface area contributed by atoms with Gasteiger partial charge in [-0.2, -0.15) is 0 Å². The van der Waals surface area contributed by atoms with E-state index in [4.69, 9.17) is 9.47 Å². The van der Waals surface area contributed by atoms with Crippen molar-refractivity contribution in [3.8, 4) is 5.75 Å². The predicted octanol–water partition coefficient (Wildman–Crippen LogP) is 2.14. The monoisotopic (exact) mass is 421 g/mol. The number of carbonyl (C=O) groups excluding carboxylic acids is 1. The molecule has 2 heterocycles. The Bertz CT molecular complexity index is 968. The first kappa shape index (κ1) is 21.0. The van der Waals surface area contributed by atoms with Gasteiger partial charge >= 0.3 is 0 Å². The van der Waals surface area contributed by atoms with E-state index in [0.717, 1.165) is 30.0 Å². The fraction of sp³-hybridized carbons (Fsp3) is 0.348. The molecule has 0 bridgehead atoms. The molecule has 1 atom stereocenters. The number of nitrogens with one attached hydrogen (secondary N) is 1. The maximum absolute atomic E-state index is 12.7. The first-order chi connectivity index (χ1) is 15.2. The van der Waals surface area contributed by atoms with E-state index in [1.165, 1.54) is 0 Å². The molecule has 1 saturated heterocycles. The van der Waals surface area contributed by atoms with Crippen LogP contribution in [0, 0.1) is 0 Å². The molecule has 1 fully saturated rings. The number of benzene rings is 2. The van der Waals surface area contributed by atoms with Gasteiger partial charge in [-0.15, -0.1) is 5.10 Å². The highest BCUT2D eigenvalue weighted by molar-refractivity contribution is 5.91. The Hall–Kier alpha value is -3.23. The number of hydrogen-bond acceptors (Lipinski definition) is 6. The first-order valence-electron chi connectivity index (χ1n) is 10.4. The number of nitrogens with zero attached hydrogens (tertiary/aromatic N) is 4. The van der Waals surface area contributed by atoms with Gasteiger partial charge in [0.05, 0.1) is 39.1 Å². The first-order valence-corrected chi connectivity index (χ1v) is 10.4.